The SMILES string of the molecule is Nc1ccc(C(c2ccc(N)c(Cl)c2)C(c2cc(O)ccc2N)c2cc(O)ccc2N)cc1Cl. The normalized spacial score (nSPS) is 11.3. The van der Waals surface area contributed by atoms with Crippen LogP contribution in [0.4, 0.5) is 22.7 Å². The van der Waals surface area contributed by atoms with E-state index < -0.39 is 11.8 Å². The van der Waals surface area contributed by atoms with Gasteiger partial charge in [0.25, 0.3) is 0 Å². The van der Waals surface area contributed by atoms with E-state index in [0.717, 1.165) is 11.1 Å². The van der Waals surface area contributed by atoms with Gasteiger partial charge in [0.2, 0.25) is 0 Å². The Morgan fingerprint density at radius 1 is 0.500 bits per heavy atom. The van der Waals surface area contributed by atoms with Crippen LogP contribution in [0.3, 0.4) is 0 Å². The van der Waals surface area contributed by atoms with Crippen molar-refractivity contribution >= 4 is 46.0 Å². The molecular weight excluding hydrogens is 471 g/mol. The van der Waals surface area contributed by atoms with Crippen molar-refractivity contribution in [3.05, 3.63) is 105 Å². The summed E-state index contributed by atoms with van der Waals surface area (Å²) >= 11 is 12.8. The van der Waals surface area contributed by atoms with Crippen LogP contribution in [0, 0.1) is 0 Å². The average Bonchev–Trinajstić information content (AvgIpc) is 2.80. The number of aromatic hydroxyl groups is 2. The third-order valence-corrected chi connectivity index (χ3v) is 6.57. The highest BCUT2D eigenvalue weighted by atomic mass is 35.5. The first-order chi connectivity index (χ1) is 16.2. The molecule has 0 radical (unpaired) electrons. The minimum atomic E-state index is -0.543. The highest BCUT2D eigenvalue weighted by Gasteiger charge is 2.32. The van der Waals surface area contributed by atoms with Crippen molar-refractivity contribution in [2.45, 2.75) is 11.8 Å². The number of nitrogen functional groups attached to an aromatic ring is 4. The van der Waals surface area contributed by atoms with Gasteiger partial charge in [0.05, 0.1) is 21.4 Å². The first-order valence-corrected chi connectivity index (χ1v) is 11.2. The number of hydrogen-bond acceptors (Lipinski definition) is 6. The fraction of sp³-hybridized carbons (Fsp3) is 0.0769. The standard InChI is InChI=1S/C26H24Cl2N4O2/c27-19-9-13(1-5-23(19)31)25(14-2-6-24(32)20(28)10-14)26(17-11-15(33)3-7-21(17)29)18-12-16(34)4-8-22(18)30/h1-12,25-26,33-34H,29-32H2. The van der Waals surface area contributed by atoms with E-state index >= 15 is 0 Å². The summed E-state index contributed by atoms with van der Waals surface area (Å²) in [4.78, 5) is 0. The van der Waals surface area contributed by atoms with Crippen molar-refractivity contribution < 1.29 is 10.2 Å². The minimum absolute atomic E-state index is 0.0392. The van der Waals surface area contributed by atoms with Crippen molar-refractivity contribution in [3.63, 3.8) is 0 Å². The van der Waals surface area contributed by atoms with E-state index in [-0.39, 0.29) is 11.5 Å². The van der Waals surface area contributed by atoms with Gasteiger partial charge in [0.1, 0.15) is 11.5 Å². The van der Waals surface area contributed by atoms with Crippen molar-refractivity contribution in [1.82, 2.24) is 0 Å². The average molecular weight is 495 g/mol. The Kier molecular flexibility index (Phi) is 6.37. The van der Waals surface area contributed by atoms with Gasteiger partial charge in [-0.1, -0.05) is 35.3 Å². The van der Waals surface area contributed by atoms with Crippen LogP contribution in [0.5, 0.6) is 11.5 Å². The maximum atomic E-state index is 10.3. The van der Waals surface area contributed by atoms with E-state index in [1.165, 1.54) is 12.1 Å². The monoisotopic (exact) mass is 494 g/mol. The second-order valence-electron chi connectivity index (χ2n) is 8.14. The van der Waals surface area contributed by atoms with Gasteiger partial charge >= 0.3 is 0 Å². The lowest BCUT2D eigenvalue weighted by molar-refractivity contribution is 0.472. The molecule has 0 aromatic heterocycles. The quantitative estimate of drug-likeness (QED) is 0.155. The maximum absolute atomic E-state index is 10.3. The number of phenolic OH excluding ortho intramolecular Hbond substituents is 2. The van der Waals surface area contributed by atoms with Crippen LogP contribution < -0.4 is 22.9 Å². The van der Waals surface area contributed by atoms with Crippen LogP contribution in [0.2, 0.25) is 10.0 Å². The van der Waals surface area contributed by atoms with Crippen molar-refractivity contribution in [2.75, 3.05) is 22.9 Å². The summed E-state index contributed by atoms with van der Waals surface area (Å²) in [5, 5.41) is 21.4. The van der Waals surface area contributed by atoms with Crippen LogP contribution in [0.25, 0.3) is 0 Å². The van der Waals surface area contributed by atoms with E-state index in [1.807, 2.05) is 12.1 Å². The largest absolute Gasteiger partial charge is 0.508 e. The van der Waals surface area contributed by atoms with Crippen molar-refractivity contribution in [1.29, 1.82) is 0 Å². The summed E-state index contributed by atoms with van der Waals surface area (Å²) in [6.07, 6.45) is 0. The number of benzene rings is 4. The van der Waals surface area contributed by atoms with Crippen LogP contribution >= 0.6 is 23.2 Å². The number of rotatable bonds is 5. The van der Waals surface area contributed by atoms with Gasteiger partial charge in [-0.05, 0) is 82.9 Å². The molecule has 0 amide bonds. The van der Waals surface area contributed by atoms with E-state index in [2.05, 4.69) is 0 Å². The van der Waals surface area contributed by atoms with E-state index in [9.17, 15) is 10.2 Å². The summed E-state index contributed by atoms with van der Waals surface area (Å²) in [5.74, 6) is -0.905. The molecule has 4 rings (SSSR count). The molecule has 0 saturated heterocycles. The fourth-order valence-corrected chi connectivity index (χ4v) is 4.62. The first kappa shape index (κ1) is 23.4. The van der Waals surface area contributed by atoms with Gasteiger partial charge in [0.15, 0.2) is 0 Å². The van der Waals surface area contributed by atoms with Gasteiger partial charge in [-0.2, -0.15) is 0 Å². The Morgan fingerprint density at radius 3 is 1.26 bits per heavy atom. The topological polar surface area (TPSA) is 145 Å². The number of nitrogens with two attached hydrogens (primary N) is 4. The van der Waals surface area contributed by atoms with Crippen molar-refractivity contribution in [2.24, 2.45) is 0 Å². The maximum Gasteiger partial charge on any atom is 0.116 e. The van der Waals surface area contributed by atoms with Crippen LogP contribution in [-0.2, 0) is 0 Å². The van der Waals surface area contributed by atoms with Gasteiger partial charge in [-0.3, -0.25) is 0 Å². The molecule has 0 unspecified atom stereocenters. The van der Waals surface area contributed by atoms with Crippen LogP contribution in [-0.4, -0.2) is 10.2 Å². The molecule has 0 atom stereocenters. The fourth-order valence-electron chi connectivity index (χ4n) is 4.24. The zero-order chi connectivity index (χ0) is 24.6. The molecule has 0 bridgehead atoms. The van der Waals surface area contributed by atoms with Gasteiger partial charge in [-0.15, -0.1) is 0 Å². The molecule has 0 spiro atoms. The molecule has 0 aliphatic carbocycles. The smallest absolute Gasteiger partial charge is 0.116 e. The molecule has 0 heterocycles. The summed E-state index contributed by atoms with van der Waals surface area (Å²) in [7, 11) is 0. The highest BCUT2D eigenvalue weighted by Crippen LogP contribution is 2.48. The molecule has 0 aliphatic heterocycles. The first-order valence-electron chi connectivity index (χ1n) is 10.4. The number of anilines is 4. The summed E-state index contributed by atoms with van der Waals surface area (Å²) < 4.78 is 0. The predicted molar refractivity (Wildman–Crippen MR) is 140 cm³/mol. The lowest BCUT2D eigenvalue weighted by Crippen LogP contribution is -2.18. The summed E-state index contributed by atoms with van der Waals surface area (Å²) in [6.45, 7) is 0. The summed E-state index contributed by atoms with van der Waals surface area (Å²) in [6, 6.07) is 20.2. The number of phenols is 2. The molecule has 4 aromatic carbocycles. The lowest BCUT2D eigenvalue weighted by atomic mass is 9.72. The molecule has 8 heteroatoms. The van der Waals surface area contributed by atoms with Gasteiger partial charge < -0.3 is 33.1 Å². The molecule has 10 N–H and O–H groups in total. The van der Waals surface area contributed by atoms with E-state index in [0.29, 0.717) is 43.9 Å². The minimum Gasteiger partial charge on any atom is -0.508 e. The summed E-state index contributed by atoms with van der Waals surface area (Å²) in [5.41, 5.74) is 29.4. The Balaban J connectivity index is 2.08. The Labute approximate surface area is 207 Å². The van der Waals surface area contributed by atoms with Crippen LogP contribution in [0.1, 0.15) is 34.1 Å². The molecule has 0 fully saturated rings. The molecule has 0 aliphatic rings. The Bertz CT molecular complexity index is 1270. The van der Waals surface area contributed by atoms with Gasteiger partial charge in [0, 0.05) is 23.2 Å². The van der Waals surface area contributed by atoms with E-state index in [1.54, 1.807) is 48.5 Å². The second-order valence-corrected chi connectivity index (χ2v) is 8.96. The molecule has 0 saturated carbocycles. The van der Waals surface area contributed by atoms with Crippen molar-refractivity contribution in [3.8, 4) is 11.5 Å². The predicted octanol–water partition coefficient (Wildman–Crippen LogP) is 5.70. The zero-order valence-corrected chi connectivity index (χ0v) is 19.6. The van der Waals surface area contributed by atoms with Crippen LogP contribution in [0.15, 0.2) is 72.8 Å². The molecule has 34 heavy (non-hydrogen) atoms. The Hall–Kier alpha value is -3.74. The molecule has 6 nitrogen and oxygen atoms in total. The number of hydrogen-bond donors (Lipinski definition) is 6. The third-order valence-electron chi connectivity index (χ3n) is 5.91. The zero-order valence-electron chi connectivity index (χ0n) is 18.0. The molecule has 4 aromatic rings. The lowest BCUT2D eigenvalue weighted by Gasteiger charge is -2.31. The second kappa shape index (κ2) is 9.25. The Morgan fingerprint density at radius 2 is 0.882 bits per heavy atom. The van der Waals surface area contributed by atoms with E-state index in [4.69, 9.17) is 46.1 Å². The highest BCUT2D eigenvalue weighted by molar-refractivity contribution is 6.33. The third kappa shape index (κ3) is 4.51. The number of halogens is 2. The molecule has 174 valence electrons. The molecular formula is C26H24Cl2N4O2. The van der Waals surface area contributed by atoms with Gasteiger partial charge in [-0.25, -0.2) is 0 Å².